The van der Waals surface area contributed by atoms with Crippen LogP contribution in [0, 0.1) is 0 Å². The van der Waals surface area contributed by atoms with E-state index in [2.05, 4.69) is 4.72 Å². The molecule has 0 spiro atoms. The van der Waals surface area contributed by atoms with Crippen molar-refractivity contribution in [3.8, 4) is 0 Å². The molecule has 2 N–H and O–H groups in total. The molecule has 1 aromatic carbocycles. The average Bonchev–Trinajstić information content (AvgIpc) is 2.78. The van der Waals surface area contributed by atoms with Gasteiger partial charge in [0.15, 0.2) is 9.84 Å². The standard InChI is InChI=1S/C12H17NO5S2/c14-8-11-3-1-10(2-4-11)7-13-20(17,18)12-5-6-19(15,16)9-12/h1-4,12-14H,5-9H2. The Bertz CT molecular complexity index is 664. The maximum absolute atomic E-state index is 12.0. The highest BCUT2D eigenvalue weighted by atomic mass is 32.2. The van der Waals surface area contributed by atoms with E-state index < -0.39 is 25.1 Å². The molecule has 0 aliphatic carbocycles. The molecule has 6 nitrogen and oxygen atoms in total. The second-order valence-corrected chi connectivity index (χ2v) is 9.14. The van der Waals surface area contributed by atoms with Gasteiger partial charge >= 0.3 is 0 Å². The molecule has 1 aliphatic heterocycles. The summed E-state index contributed by atoms with van der Waals surface area (Å²) in [5.41, 5.74) is 1.50. The van der Waals surface area contributed by atoms with Gasteiger partial charge in [-0.25, -0.2) is 21.6 Å². The van der Waals surface area contributed by atoms with Crippen LogP contribution in [0.1, 0.15) is 17.5 Å². The molecule has 1 unspecified atom stereocenters. The average molecular weight is 319 g/mol. The summed E-state index contributed by atoms with van der Waals surface area (Å²) in [6.45, 7) is 0.0521. The molecule has 1 aliphatic rings. The number of hydrogen-bond donors (Lipinski definition) is 2. The third kappa shape index (κ3) is 3.78. The lowest BCUT2D eigenvalue weighted by molar-refractivity contribution is 0.282. The molecule has 1 saturated heterocycles. The number of rotatable bonds is 5. The minimum absolute atomic E-state index is 0.0636. The Labute approximate surface area is 118 Å². The number of sulfonamides is 1. The van der Waals surface area contributed by atoms with E-state index in [1.54, 1.807) is 24.3 Å². The SMILES string of the molecule is O=S1(=O)CCC(S(=O)(=O)NCc2ccc(CO)cc2)C1. The predicted octanol–water partition coefficient (Wildman–Crippen LogP) is -0.215. The highest BCUT2D eigenvalue weighted by Gasteiger charge is 2.36. The number of hydrogen-bond acceptors (Lipinski definition) is 5. The van der Waals surface area contributed by atoms with E-state index in [4.69, 9.17) is 5.11 Å². The largest absolute Gasteiger partial charge is 0.392 e. The summed E-state index contributed by atoms with van der Waals surface area (Å²) < 4.78 is 49.1. The van der Waals surface area contributed by atoms with E-state index in [0.717, 1.165) is 11.1 Å². The monoisotopic (exact) mass is 319 g/mol. The van der Waals surface area contributed by atoms with E-state index in [0.29, 0.717) is 0 Å². The zero-order chi connectivity index (χ0) is 14.8. The summed E-state index contributed by atoms with van der Waals surface area (Å²) in [5, 5.41) is 8.05. The van der Waals surface area contributed by atoms with E-state index in [-0.39, 0.29) is 31.1 Å². The third-order valence-electron chi connectivity index (χ3n) is 3.31. The topological polar surface area (TPSA) is 101 Å². The highest BCUT2D eigenvalue weighted by molar-refractivity contribution is 7.95. The zero-order valence-electron chi connectivity index (χ0n) is 10.8. The first-order chi connectivity index (χ1) is 9.32. The van der Waals surface area contributed by atoms with Gasteiger partial charge < -0.3 is 5.11 Å². The van der Waals surface area contributed by atoms with Crippen molar-refractivity contribution < 1.29 is 21.9 Å². The quantitative estimate of drug-likeness (QED) is 0.782. The molecule has 0 radical (unpaired) electrons. The van der Waals surface area contributed by atoms with Crippen LogP contribution in [0.5, 0.6) is 0 Å². The lowest BCUT2D eigenvalue weighted by Crippen LogP contribution is -2.34. The van der Waals surface area contributed by atoms with Gasteiger partial charge in [-0.15, -0.1) is 0 Å². The molecular weight excluding hydrogens is 302 g/mol. The van der Waals surface area contributed by atoms with Crippen LogP contribution in [-0.4, -0.2) is 38.7 Å². The molecule has 1 fully saturated rings. The number of aliphatic hydroxyl groups excluding tert-OH is 1. The van der Waals surface area contributed by atoms with Gasteiger partial charge in [0.25, 0.3) is 0 Å². The first-order valence-electron chi connectivity index (χ1n) is 6.20. The lowest BCUT2D eigenvalue weighted by Gasteiger charge is -2.11. The van der Waals surface area contributed by atoms with Crippen molar-refractivity contribution in [2.45, 2.75) is 24.8 Å². The molecule has 0 aromatic heterocycles. The van der Waals surface area contributed by atoms with Gasteiger partial charge in [-0.1, -0.05) is 24.3 Å². The lowest BCUT2D eigenvalue weighted by atomic mass is 10.1. The minimum atomic E-state index is -3.62. The number of benzene rings is 1. The maximum atomic E-state index is 12.0. The molecular formula is C12H17NO5S2. The Morgan fingerprint density at radius 1 is 1.20 bits per heavy atom. The molecule has 8 heteroatoms. The van der Waals surface area contributed by atoms with Crippen LogP contribution in [0.3, 0.4) is 0 Å². The Balaban J connectivity index is 1.98. The predicted molar refractivity (Wildman–Crippen MR) is 75.2 cm³/mol. The fourth-order valence-corrected chi connectivity index (χ4v) is 6.13. The normalized spacial score (nSPS) is 21.9. The zero-order valence-corrected chi connectivity index (χ0v) is 12.5. The summed E-state index contributed by atoms with van der Waals surface area (Å²) in [5.74, 6) is -0.366. The van der Waals surface area contributed by atoms with Gasteiger partial charge in [-0.05, 0) is 17.5 Å². The minimum Gasteiger partial charge on any atom is -0.392 e. The van der Waals surface area contributed by atoms with Gasteiger partial charge in [0.05, 0.1) is 23.4 Å². The van der Waals surface area contributed by atoms with Gasteiger partial charge in [0.1, 0.15) is 0 Å². The Kier molecular flexibility index (Phi) is 4.48. The number of aliphatic hydroxyl groups is 1. The Hall–Kier alpha value is -0.960. The summed E-state index contributed by atoms with van der Waals surface area (Å²) in [6.07, 6.45) is 0.154. The van der Waals surface area contributed by atoms with Gasteiger partial charge in [0.2, 0.25) is 10.0 Å². The Morgan fingerprint density at radius 2 is 1.80 bits per heavy atom. The van der Waals surface area contributed by atoms with Crippen molar-refractivity contribution in [3.63, 3.8) is 0 Å². The maximum Gasteiger partial charge on any atom is 0.215 e. The molecule has 2 rings (SSSR count). The fraction of sp³-hybridized carbons (Fsp3) is 0.500. The van der Waals surface area contributed by atoms with E-state index in [1.807, 2.05) is 0 Å². The van der Waals surface area contributed by atoms with E-state index in [1.165, 1.54) is 0 Å². The van der Waals surface area contributed by atoms with Crippen molar-refractivity contribution in [3.05, 3.63) is 35.4 Å². The van der Waals surface area contributed by atoms with Crippen molar-refractivity contribution in [2.75, 3.05) is 11.5 Å². The third-order valence-corrected chi connectivity index (χ3v) is 7.12. The van der Waals surface area contributed by atoms with Crippen LogP contribution in [0.25, 0.3) is 0 Å². The van der Waals surface area contributed by atoms with Gasteiger partial charge in [0, 0.05) is 6.54 Å². The molecule has 1 aromatic rings. The van der Waals surface area contributed by atoms with E-state index in [9.17, 15) is 16.8 Å². The van der Waals surface area contributed by atoms with Crippen LogP contribution < -0.4 is 4.72 Å². The van der Waals surface area contributed by atoms with Crippen molar-refractivity contribution in [1.29, 1.82) is 0 Å². The van der Waals surface area contributed by atoms with Gasteiger partial charge in [-0.3, -0.25) is 0 Å². The summed E-state index contributed by atoms with van der Waals surface area (Å²) >= 11 is 0. The first kappa shape index (κ1) is 15.4. The molecule has 0 bridgehead atoms. The van der Waals surface area contributed by atoms with Crippen molar-refractivity contribution >= 4 is 19.9 Å². The highest BCUT2D eigenvalue weighted by Crippen LogP contribution is 2.18. The van der Waals surface area contributed by atoms with Crippen LogP contribution in [0.2, 0.25) is 0 Å². The molecule has 112 valence electrons. The molecule has 0 saturated carbocycles. The number of nitrogens with one attached hydrogen (secondary N) is 1. The second kappa shape index (κ2) is 5.80. The Morgan fingerprint density at radius 3 is 2.30 bits per heavy atom. The van der Waals surface area contributed by atoms with Crippen LogP contribution in [-0.2, 0) is 33.0 Å². The van der Waals surface area contributed by atoms with Crippen LogP contribution >= 0.6 is 0 Å². The summed E-state index contributed by atoms with van der Waals surface area (Å²) in [4.78, 5) is 0. The summed E-state index contributed by atoms with van der Waals surface area (Å²) in [7, 11) is -6.84. The second-order valence-electron chi connectivity index (χ2n) is 4.87. The molecule has 20 heavy (non-hydrogen) atoms. The van der Waals surface area contributed by atoms with Gasteiger partial charge in [-0.2, -0.15) is 0 Å². The van der Waals surface area contributed by atoms with Crippen LogP contribution in [0.4, 0.5) is 0 Å². The number of sulfone groups is 1. The first-order valence-corrected chi connectivity index (χ1v) is 9.57. The van der Waals surface area contributed by atoms with Crippen molar-refractivity contribution in [1.82, 2.24) is 4.72 Å². The van der Waals surface area contributed by atoms with E-state index >= 15 is 0 Å². The molecule has 1 atom stereocenters. The summed E-state index contributed by atoms with van der Waals surface area (Å²) in [6, 6.07) is 6.87. The van der Waals surface area contributed by atoms with Crippen LogP contribution in [0.15, 0.2) is 24.3 Å². The smallest absolute Gasteiger partial charge is 0.215 e. The molecule has 0 amide bonds. The van der Waals surface area contributed by atoms with Crippen molar-refractivity contribution in [2.24, 2.45) is 0 Å². The fourth-order valence-electron chi connectivity index (χ4n) is 2.07. The molecule has 1 heterocycles.